The van der Waals surface area contributed by atoms with E-state index in [2.05, 4.69) is 22.9 Å². The molecule has 2 unspecified atom stereocenters. The lowest BCUT2D eigenvalue weighted by molar-refractivity contribution is -0.123. The van der Waals surface area contributed by atoms with Crippen LogP contribution < -0.4 is 4.90 Å². The lowest BCUT2D eigenvalue weighted by Crippen LogP contribution is -2.32. The molecule has 3 rings (SSSR count). The molecule has 20 heavy (non-hydrogen) atoms. The van der Waals surface area contributed by atoms with Gasteiger partial charge in [-0.1, -0.05) is 13.3 Å². The molecule has 1 aliphatic heterocycles. The van der Waals surface area contributed by atoms with Crippen LogP contribution in [-0.4, -0.2) is 11.8 Å². The summed E-state index contributed by atoms with van der Waals surface area (Å²) in [5, 5.41) is 0. The van der Waals surface area contributed by atoms with E-state index in [1.807, 2.05) is 0 Å². The van der Waals surface area contributed by atoms with Crippen LogP contribution in [-0.2, 0) is 9.59 Å². The van der Waals surface area contributed by atoms with Crippen LogP contribution in [0.1, 0.15) is 26.2 Å². The van der Waals surface area contributed by atoms with Crippen molar-refractivity contribution in [2.24, 2.45) is 17.8 Å². The minimum absolute atomic E-state index is 0.178. The van der Waals surface area contributed by atoms with Gasteiger partial charge in [0, 0.05) is 4.47 Å². The van der Waals surface area contributed by atoms with Crippen molar-refractivity contribution in [1.82, 2.24) is 0 Å². The molecule has 3 nitrogen and oxygen atoms in total. The maximum Gasteiger partial charge on any atom is 0.237 e. The maximum absolute atomic E-state index is 13.4. The van der Waals surface area contributed by atoms with Crippen molar-refractivity contribution < 1.29 is 14.0 Å². The number of fused-ring (bicyclic) bond motifs is 1. The quantitative estimate of drug-likeness (QED) is 0.773. The number of anilines is 1. The maximum atomic E-state index is 13.4. The number of amides is 2. The van der Waals surface area contributed by atoms with E-state index in [1.54, 1.807) is 0 Å². The Morgan fingerprint density at radius 3 is 2.40 bits per heavy atom. The van der Waals surface area contributed by atoms with Crippen LogP contribution in [0.3, 0.4) is 0 Å². The van der Waals surface area contributed by atoms with Crippen LogP contribution >= 0.6 is 15.9 Å². The smallest absolute Gasteiger partial charge is 0.237 e. The van der Waals surface area contributed by atoms with Crippen molar-refractivity contribution in [1.29, 1.82) is 0 Å². The lowest BCUT2D eigenvalue weighted by atomic mass is 10.00. The third-order valence-electron chi connectivity index (χ3n) is 4.46. The highest BCUT2D eigenvalue weighted by Crippen LogP contribution is 2.46. The van der Waals surface area contributed by atoms with Gasteiger partial charge in [0.05, 0.1) is 17.5 Å². The monoisotopic (exact) mass is 339 g/mol. The first-order valence-corrected chi connectivity index (χ1v) is 7.65. The second-order valence-corrected chi connectivity index (χ2v) is 6.42. The number of halogens is 2. The van der Waals surface area contributed by atoms with Gasteiger partial charge >= 0.3 is 0 Å². The Bertz CT molecular complexity index is 565. The fraction of sp³-hybridized carbons (Fsp3) is 0.467. The van der Waals surface area contributed by atoms with Crippen molar-refractivity contribution in [3.05, 3.63) is 28.5 Å². The van der Waals surface area contributed by atoms with Gasteiger partial charge in [-0.3, -0.25) is 9.59 Å². The average Bonchev–Trinajstić information content (AvgIpc) is 2.94. The molecule has 1 aromatic carbocycles. The second kappa shape index (κ2) is 4.95. The van der Waals surface area contributed by atoms with Crippen molar-refractivity contribution >= 4 is 33.4 Å². The van der Waals surface area contributed by atoms with Crippen LogP contribution in [0.25, 0.3) is 0 Å². The molecule has 2 aliphatic rings. The molecule has 0 N–H and O–H groups in total. The fourth-order valence-electron chi connectivity index (χ4n) is 3.36. The summed E-state index contributed by atoms with van der Waals surface area (Å²) in [5.41, 5.74) is 0.322. The molecular formula is C15H15BrFNO2. The summed E-state index contributed by atoms with van der Waals surface area (Å²) in [6, 6.07) is 4.05. The molecule has 0 bridgehead atoms. The molecule has 1 aromatic rings. The molecule has 106 valence electrons. The SMILES string of the molecule is CCC1CC2C(=O)N(c3cc(F)ccc3Br)C(=O)C2C1. The van der Waals surface area contributed by atoms with Gasteiger partial charge in [-0.15, -0.1) is 0 Å². The van der Waals surface area contributed by atoms with Crippen LogP contribution in [0.5, 0.6) is 0 Å². The average molecular weight is 340 g/mol. The second-order valence-electron chi connectivity index (χ2n) is 5.57. The van der Waals surface area contributed by atoms with Crippen molar-refractivity contribution in [2.75, 3.05) is 4.90 Å². The summed E-state index contributed by atoms with van der Waals surface area (Å²) >= 11 is 3.29. The first-order valence-electron chi connectivity index (χ1n) is 6.85. The molecule has 0 spiro atoms. The summed E-state index contributed by atoms with van der Waals surface area (Å²) in [5.74, 6) is -0.793. The molecule has 2 atom stereocenters. The van der Waals surface area contributed by atoms with Crippen LogP contribution in [0.15, 0.2) is 22.7 Å². The normalized spacial score (nSPS) is 29.1. The molecule has 1 aliphatic carbocycles. The first kappa shape index (κ1) is 13.7. The highest BCUT2D eigenvalue weighted by Gasteiger charge is 2.53. The Labute approximate surface area is 125 Å². The Kier molecular flexibility index (Phi) is 3.40. The van der Waals surface area contributed by atoms with Gasteiger partial charge in [0.1, 0.15) is 5.82 Å². The van der Waals surface area contributed by atoms with Crippen LogP contribution in [0, 0.1) is 23.6 Å². The summed E-state index contributed by atoms with van der Waals surface area (Å²) in [6.45, 7) is 2.08. The topological polar surface area (TPSA) is 37.4 Å². The molecule has 2 amide bonds. The summed E-state index contributed by atoms with van der Waals surface area (Å²) in [6.07, 6.45) is 2.54. The predicted octanol–water partition coefficient (Wildman–Crippen LogP) is 3.51. The number of carbonyl (C=O) groups is 2. The Morgan fingerprint density at radius 2 is 1.85 bits per heavy atom. The number of hydrogen-bond donors (Lipinski definition) is 0. The zero-order chi connectivity index (χ0) is 14.4. The molecule has 1 heterocycles. The Hall–Kier alpha value is -1.23. The van der Waals surface area contributed by atoms with Crippen molar-refractivity contribution in [3.8, 4) is 0 Å². The van der Waals surface area contributed by atoms with Gasteiger partial charge in [-0.05, 0) is 52.9 Å². The number of benzene rings is 1. The summed E-state index contributed by atoms with van der Waals surface area (Å²) in [7, 11) is 0. The van der Waals surface area contributed by atoms with E-state index in [1.165, 1.54) is 18.2 Å². The van der Waals surface area contributed by atoms with Crippen LogP contribution in [0.4, 0.5) is 10.1 Å². The van der Waals surface area contributed by atoms with E-state index >= 15 is 0 Å². The minimum atomic E-state index is -0.452. The van der Waals surface area contributed by atoms with Gasteiger partial charge in [0.15, 0.2) is 0 Å². The van der Waals surface area contributed by atoms with Crippen molar-refractivity contribution in [3.63, 3.8) is 0 Å². The number of carbonyl (C=O) groups excluding carboxylic acids is 2. The van der Waals surface area contributed by atoms with E-state index < -0.39 is 5.82 Å². The highest BCUT2D eigenvalue weighted by molar-refractivity contribution is 9.10. The number of imide groups is 1. The predicted molar refractivity (Wildman–Crippen MR) is 76.6 cm³/mol. The fourth-order valence-corrected chi connectivity index (χ4v) is 3.78. The first-order chi connectivity index (χ1) is 9.52. The molecule has 0 radical (unpaired) electrons. The van der Waals surface area contributed by atoms with Crippen molar-refractivity contribution in [2.45, 2.75) is 26.2 Å². The van der Waals surface area contributed by atoms with E-state index in [4.69, 9.17) is 0 Å². The van der Waals surface area contributed by atoms with Gasteiger partial charge in [-0.2, -0.15) is 0 Å². The standard InChI is InChI=1S/C15H15BrFNO2/c1-2-8-5-10-11(6-8)15(20)18(14(10)19)13-7-9(17)3-4-12(13)16/h3-4,7-8,10-11H,2,5-6H2,1H3. The summed E-state index contributed by atoms with van der Waals surface area (Å²) < 4.78 is 14.0. The van der Waals surface area contributed by atoms with E-state index in [9.17, 15) is 14.0 Å². The third kappa shape index (κ3) is 1.99. The zero-order valence-corrected chi connectivity index (χ0v) is 12.7. The van der Waals surface area contributed by atoms with Gasteiger partial charge in [-0.25, -0.2) is 9.29 Å². The molecular weight excluding hydrogens is 325 g/mol. The zero-order valence-electron chi connectivity index (χ0n) is 11.1. The van der Waals surface area contributed by atoms with E-state index in [0.29, 0.717) is 16.1 Å². The van der Waals surface area contributed by atoms with Gasteiger partial charge < -0.3 is 0 Å². The molecule has 1 saturated heterocycles. The van der Waals surface area contributed by atoms with Crippen LogP contribution in [0.2, 0.25) is 0 Å². The number of hydrogen-bond acceptors (Lipinski definition) is 2. The molecule has 2 fully saturated rings. The van der Waals surface area contributed by atoms with E-state index in [-0.39, 0.29) is 23.7 Å². The minimum Gasteiger partial charge on any atom is -0.274 e. The largest absolute Gasteiger partial charge is 0.274 e. The highest BCUT2D eigenvalue weighted by atomic mass is 79.9. The summed E-state index contributed by atoms with van der Waals surface area (Å²) in [4.78, 5) is 26.1. The Morgan fingerprint density at radius 1 is 1.25 bits per heavy atom. The molecule has 5 heteroatoms. The third-order valence-corrected chi connectivity index (χ3v) is 5.13. The number of rotatable bonds is 2. The van der Waals surface area contributed by atoms with Gasteiger partial charge in [0.2, 0.25) is 11.8 Å². The lowest BCUT2D eigenvalue weighted by Gasteiger charge is -2.18. The van der Waals surface area contributed by atoms with E-state index in [0.717, 1.165) is 24.2 Å². The molecule has 0 aromatic heterocycles. The number of nitrogens with zero attached hydrogens (tertiary/aromatic N) is 1. The van der Waals surface area contributed by atoms with Gasteiger partial charge in [0.25, 0.3) is 0 Å². The molecule has 1 saturated carbocycles. The Balaban J connectivity index is 1.96.